The molecule has 56 valence electrons. The Hall–Kier alpha value is -1.57. The minimum Gasteiger partial charge on any atom is -0.366 e. The SMILES string of the molecule is C=Cc1cccc(C(N)=O)c1. The summed E-state index contributed by atoms with van der Waals surface area (Å²) in [6, 6.07) is 7.02. The van der Waals surface area contributed by atoms with Crippen molar-refractivity contribution in [3.8, 4) is 0 Å². The van der Waals surface area contributed by atoms with Crippen LogP contribution in [0.2, 0.25) is 0 Å². The fourth-order valence-electron chi connectivity index (χ4n) is 0.819. The van der Waals surface area contributed by atoms with Gasteiger partial charge in [0.25, 0.3) is 0 Å². The highest BCUT2D eigenvalue weighted by molar-refractivity contribution is 5.93. The van der Waals surface area contributed by atoms with Gasteiger partial charge in [-0.3, -0.25) is 4.79 Å². The Labute approximate surface area is 65.3 Å². The Morgan fingerprint density at radius 2 is 2.27 bits per heavy atom. The number of benzene rings is 1. The maximum absolute atomic E-state index is 10.7. The second-order valence-electron chi connectivity index (χ2n) is 2.19. The molecular formula is C9H9NO. The van der Waals surface area contributed by atoms with Gasteiger partial charge in [0, 0.05) is 5.56 Å². The predicted molar refractivity (Wildman–Crippen MR) is 45.1 cm³/mol. The molecule has 0 radical (unpaired) electrons. The number of carbonyl (C=O) groups is 1. The molecule has 0 aliphatic carbocycles. The zero-order valence-corrected chi connectivity index (χ0v) is 6.08. The molecule has 1 aromatic rings. The first-order valence-corrected chi connectivity index (χ1v) is 3.26. The Kier molecular flexibility index (Phi) is 2.06. The first-order chi connectivity index (χ1) is 5.24. The Morgan fingerprint density at radius 3 is 2.82 bits per heavy atom. The summed E-state index contributed by atoms with van der Waals surface area (Å²) in [5.41, 5.74) is 6.48. The van der Waals surface area contributed by atoms with Crippen LogP contribution in [0.1, 0.15) is 15.9 Å². The monoisotopic (exact) mass is 147 g/mol. The summed E-state index contributed by atoms with van der Waals surface area (Å²) < 4.78 is 0. The van der Waals surface area contributed by atoms with Crippen molar-refractivity contribution in [3.05, 3.63) is 42.0 Å². The highest BCUT2D eigenvalue weighted by atomic mass is 16.1. The third-order valence-corrected chi connectivity index (χ3v) is 1.41. The molecule has 2 nitrogen and oxygen atoms in total. The van der Waals surface area contributed by atoms with Crippen molar-refractivity contribution in [2.24, 2.45) is 5.73 Å². The summed E-state index contributed by atoms with van der Waals surface area (Å²) in [6.07, 6.45) is 1.67. The average Bonchev–Trinajstić information content (AvgIpc) is 2.05. The van der Waals surface area contributed by atoms with Crippen LogP contribution < -0.4 is 5.73 Å². The van der Waals surface area contributed by atoms with Crippen LogP contribution in [0.3, 0.4) is 0 Å². The van der Waals surface area contributed by atoms with E-state index in [1.807, 2.05) is 6.07 Å². The lowest BCUT2D eigenvalue weighted by atomic mass is 10.1. The van der Waals surface area contributed by atoms with Crippen molar-refractivity contribution in [2.45, 2.75) is 0 Å². The molecule has 0 aromatic heterocycles. The Bertz CT molecular complexity index is 291. The van der Waals surface area contributed by atoms with E-state index in [0.29, 0.717) is 5.56 Å². The molecule has 0 bridgehead atoms. The molecule has 1 amide bonds. The topological polar surface area (TPSA) is 43.1 Å². The van der Waals surface area contributed by atoms with E-state index in [1.165, 1.54) is 0 Å². The van der Waals surface area contributed by atoms with Crippen molar-refractivity contribution < 1.29 is 4.79 Å². The zero-order valence-electron chi connectivity index (χ0n) is 6.08. The maximum atomic E-state index is 10.7. The lowest BCUT2D eigenvalue weighted by Crippen LogP contribution is -2.10. The van der Waals surface area contributed by atoms with Crippen molar-refractivity contribution in [3.63, 3.8) is 0 Å². The standard InChI is InChI=1S/C9H9NO/c1-2-7-4-3-5-8(6-7)9(10)11/h2-6H,1H2,(H2,10,11). The molecule has 1 aromatic carbocycles. The van der Waals surface area contributed by atoms with E-state index in [2.05, 4.69) is 6.58 Å². The fourth-order valence-corrected chi connectivity index (χ4v) is 0.819. The number of primary amides is 1. The summed E-state index contributed by atoms with van der Waals surface area (Å²) in [7, 11) is 0. The van der Waals surface area contributed by atoms with Gasteiger partial charge in [-0.05, 0) is 17.7 Å². The molecule has 1 rings (SSSR count). The van der Waals surface area contributed by atoms with Crippen LogP contribution in [-0.4, -0.2) is 5.91 Å². The van der Waals surface area contributed by atoms with Gasteiger partial charge >= 0.3 is 0 Å². The number of amides is 1. The molecule has 0 fully saturated rings. The summed E-state index contributed by atoms with van der Waals surface area (Å²) in [6.45, 7) is 3.58. The average molecular weight is 147 g/mol. The maximum Gasteiger partial charge on any atom is 0.248 e. The van der Waals surface area contributed by atoms with Gasteiger partial charge in [-0.1, -0.05) is 24.8 Å². The highest BCUT2D eigenvalue weighted by Crippen LogP contribution is 2.04. The van der Waals surface area contributed by atoms with Crippen molar-refractivity contribution in [2.75, 3.05) is 0 Å². The molecule has 0 heterocycles. The second-order valence-corrected chi connectivity index (χ2v) is 2.19. The molecule has 0 spiro atoms. The third kappa shape index (κ3) is 1.67. The molecule has 0 aliphatic rings. The van der Waals surface area contributed by atoms with Crippen LogP contribution in [0.5, 0.6) is 0 Å². The van der Waals surface area contributed by atoms with Gasteiger partial charge in [-0.2, -0.15) is 0 Å². The molecule has 0 atom stereocenters. The van der Waals surface area contributed by atoms with E-state index in [4.69, 9.17) is 5.73 Å². The summed E-state index contributed by atoms with van der Waals surface area (Å²) in [5.74, 6) is -0.409. The largest absolute Gasteiger partial charge is 0.366 e. The number of rotatable bonds is 2. The van der Waals surface area contributed by atoms with Crippen LogP contribution in [0.15, 0.2) is 30.8 Å². The number of nitrogens with two attached hydrogens (primary N) is 1. The summed E-state index contributed by atoms with van der Waals surface area (Å²) in [4.78, 5) is 10.7. The van der Waals surface area contributed by atoms with E-state index in [9.17, 15) is 4.79 Å². The van der Waals surface area contributed by atoms with Crippen LogP contribution in [0.4, 0.5) is 0 Å². The predicted octanol–water partition coefficient (Wildman–Crippen LogP) is 1.43. The molecular weight excluding hydrogens is 138 g/mol. The molecule has 2 heteroatoms. The fraction of sp³-hybridized carbons (Fsp3) is 0. The van der Waals surface area contributed by atoms with E-state index >= 15 is 0 Å². The minimum atomic E-state index is -0.409. The smallest absolute Gasteiger partial charge is 0.248 e. The van der Waals surface area contributed by atoms with Gasteiger partial charge < -0.3 is 5.73 Å². The molecule has 11 heavy (non-hydrogen) atoms. The van der Waals surface area contributed by atoms with Gasteiger partial charge in [-0.25, -0.2) is 0 Å². The van der Waals surface area contributed by atoms with Gasteiger partial charge in [0.1, 0.15) is 0 Å². The summed E-state index contributed by atoms with van der Waals surface area (Å²) >= 11 is 0. The zero-order chi connectivity index (χ0) is 8.27. The van der Waals surface area contributed by atoms with Gasteiger partial charge in [0.2, 0.25) is 5.91 Å². The molecule has 0 saturated carbocycles. The highest BCUT2D eigenvalue weighted by Gasteiger charge is 1.97. The van der Waals surface area contributed by atoms with Crippen molar-refractivity contribution in [1.29, 1.82) is 0 Å². The van der Waals surface area contributed by atoms with Crippen LogP contribution in [0, 0.1) is 0 Å². The lowest BCUT2D eigenvalue weighted by Gasteiger charge is -1.95. The van der Waals surface area contributed by atoms with Crippen LogP contribution in [-0.2, 0) is 0 Å². The quantitative estimate of drug-likeness (QED) is 0.675. The first-order valence-electron chi connectivity index (χ1n) is 3.26. The first kappa shape index (κ1) is 7.54. The Morgan fingerprint density at radius 1 is 1.55 bits per heavy atom. The van der Waals surface area contributed by atoms with Gasteiger partial charge in [-0.15, -0.1) is 0 Å². The minimum absolute atomic E-state index is 0.409. The molecule has 2 N–H and O–H groups in total. The van der Waals surface area contributed by atoms with Crippen LogP contribution >= 0.6 is 0 Å². The third-order valence-electron chi connectivity index (χ3n) is 1.41. The van der Waals surface area contributed by atoms with Crippen molar-refractivity contribution in [1.82, 2.24) is 0 Å². The summed E-state index contributed by atoms with van der Waals surface area (Å²) in [5, 5.41) is 0. The van der Waals surface area contributed by atoms with Gasteiger partial charge in [0.15, 0.2) is 0 Å². The number of hydrogen-bond donors (Lipinski definition) is 1. The van der Waals surface area contributed by atoms with E-state index in [-0.39, 0.29) is 0 Å². The Balaban J connectivity index is 3.10. The van der Waals surface area contributed by atoms with Crippen LogP contribution in [0.25, 0.3) is 6.08 Å². The second kappa shape index (κ2) is 3.01. The van der Waals surface area contributed by atoms with Gasteiger partial charge in [0.05, 0.1) is 0 Å². The molecule has 0 aliphatic heterocycles. The number of carbonyl (C=O) groups excluding carboxylic acids is 1. The van der Waals surface area contributed by atoms with E-state index in [1.54, 1.807) is 24.3 Å². The lowest BCUT2D eigenvalue weighted by molar-refractivity contribution is 0.100. The normalized spacial score (nSPS) is 9.09. The van der Waals surface area contributed by atoms with Crippen molar-refractivity contribution >= 4 is 12.0 Å². The molecule has 0 saturated heterocycles. The van der Waals surface area contributed by atoms with E-state index < -0.39 is 5.91 Å². The van der Waals surface area contributed by atoms with E-state index in [0.717, 1.165) is 5.56 Å². The number of hydrogen-bond acceptors (Lipinski definition) is 1. The molecule has 0 unspecified atom stereocenters.